The second kappa shape index (κ2) is 12.1. The van der Waals surface area contributed by atoms with Crippen LogP contribution in [0.1, 0.15) is 48.5 Å². The van der Waals surface area contributed by atoms with E-state index in [1.54, 1.807) is 6.92 Å². The van der Waals surface area contributed by atoms with Crippen molar-refractivity contribution >= 4 is 38.9 Å². The van der Waals surface area contributed by atoms with Gasteiger partial charge < -0.3 is 19.4 Å². The van der Waals surface area contributed by atoms with Crippen LogP contribution < -0.4 is 10.0 Å². The molecule has 1 saturated heterocycles. The fourth-order valence-corrected chi connectivity index (χ4v) is 6.12. The monoisotopic (exact) mass is 574 g/mol. The third-order valence-electron chi connectivity index (χ3n) is 6.75. The Labute approximate surface area is 231 Å². The second-order valence-corrected chi connectivity index (χ2v) is 11.0. The van der Waals surface area contributed by atoms with E-state index in [9.17, 15) is 27.2 Å². The van der Waals surface area contributed by atoms with Gasteiger partial charge in [0.05, 0.1) is 18.1 Å². The molecule has 1 aliphatic rings. The minimum absolute atomic E-state index is 0.0702. The Morgan fingerprint density at radius 3 is 2.60 bits per heavy atom. The maximum atomic E-state index is 13.5. The van der Waals surface area contributed by atoms with Gasteiger partial charge in [-0.2, -0.15) is 4.98 Å². The van der Waals surface area contributed by atoms with Crippen molar-refractivity contribution in [2.24, 2.45) is 0 Å². The zero-order valence-corrected chi connectivity index (χ0v) is 23.3. The van der Waals surface area contributed by atoms with E-state index in [2.05, 4.69) is 15.0 Å². The number of aryl methyl sites for hydroxylation is 1. The highest BCUT2D eigenvalue weighted by Gasteiger charge is 2.34. The lowest BCUT2D eigenvalue weighted by Crippen LogP contribution is -2.41. The summed E-state index contributed by atoms with van der Waals surface area (Å²) in [6.07, 6.45) is 1.71. The van der Waals surface area contributed by atoms with Crippen LogP contribution in [0.4, 0.5) is 4.39 Å². The Morgan fingerprint density at radius 2 is 1.95 bits per heavy atom. The van der Waals surface area contributed by atoms with Crippen LogP contribution in [0.15, 0.2) is 39.8 Å². The topological polar surface area (TPSA) is 148 Å². The van der Waals surface area contributed by atoms with Crippen molar-refractivity contribution in [3.63, 3.8) is 0 Å². The number of hydrogen-bond donors (Lipinski definition) is 2. The van der Waals surface area contributed by atoms with Crippen LogP contribution >= 0.6 is 0 Å². The van der Waals surface area contributed by atoms with Crippen LogP contribution in [-0.2, 0) is 30.8 Å². The van der Waals surface area contributed by atoms with Crippen LogP contribution in [0.25, 0.3) is 22.4 Å². The van der Waals surface area contributed by atoms with Gasteiger partial charge in [0, 0.05) is 32.1 Å². The van der Waals surface area contributed by atoms with Crippen molar-refractivity contribution in [1.29, 1.82) is 0 Å². The van der Waals surface area contributed by atoms with Gasteiger partial charge in [-0.1, -0.05) is 6.92 Å². The Kier molecular flexibility index (Phi) is 8.84. The summed E-state index contributed by atoms with van der Waals surface area (Å²) in [6.45, 7) is 2.20. The first-order valence-electron chi connectivity index (χ1n) is 12.9. The number of ether oxygens (including phenoxy) is 1. The molecule has 40 heavy (non-hydrogen) atoms. The van der Waals surface area contributed by atoms with Crippen molar-refractivity contribution < 1.29 is 36.3 Å². The Balaban J connectivity index is 1.72. The maximum absolute atomic E-state index is 13.5. The lowest BCUT2D eigenvalue weighted by Gasteiger charge is -2.22. The number of fused-ring (bicyclic) bond motifs is 1. The largest absolute Gasteiger partial charge is 0.467 e. The molecular formula is C27H31FN4O7S. The minimum Gasteiger partial charge on any atom is -0.467 e. The molecule has 11 nitrogen and oxygen atoms in total. The third-order valence-corrected chi connectivity index (χ3v) is 8.29. The van der Waals surface area contributed by atoms with Crippen molar-refractivity contribution in [1.82, 2.24) is 19.9 Å². The summed E-state index contributed by atoms with van der Waals surface area (Å²) in [4.78, 5) is 43.7. The fraction of sp³-hybridized carbons (Fsp3) is 0.407. The van der Waals surface area contributed by atoms with E-state index in [1.165, 1.54) is 49.4 Å². The molecule has 2 amide bonds. The number of esters is 1. The number of pyridine rings is 1. The molecule has 0 bridgehead atoms. The molecule has 1 fully saturated rings. The lowest BCUT2D eigenvalue weighted by atomic mass is 10.0. The van der Waals surface area contributed by atoms with Crippen molar-refractivity contribution in [2.75, 3.05) is 27.2 Å². The highest BCUT2D eigenvalue weighted by Crippen LogP contribution is 2.35. The highest BCUT2D eigenvalue weighted by molar-refractivity contribution is 7.89. The lowest BCUT2D eigenvalue weighted by molar-refractivity contribution is -0.151. The molecule has 13 heteroatoms. The minimum atomic E-state index is -4.05. The van der Waals surface area contributed by atoms with Crippen LogP contribution in [0, 0.1) is 5.82 Å². The Hall–Kier alpha value is -3.84. The average Bonchev–Trinajstić information content (AvgIpc) is 3.57. The highest BCUT2D eigenvalue weighted by atomic mass is 32.2. The standard InChI is InChI=1S/C27H31FN4O7S/c1-4-30-40(36,37)26-17(7-5-9-21(33)32-14-6-8-20(32)27(35)38-3)15-19-22(24(34)29-2)23(39-25(19)31-26)16-10-12-18(28)13-11-16/h10-13,15,20,30H,4-9,14H2,1-3H3,(H,29,34)/t20-/m0/s1. The summed E-state index contributed by atoms with van der Waals surface area (Å²) in [5.74, 6) is -1.54. The predicted octanol–water partition coefficient (Wildman–Crippen LogP) is 2.78. The van der Waals surface area contributed by atoms with E-state index in [0.717, 1.165) is 0 Å². The fourth-order valence-electron chi connectivity index (χ4n) is 4.89. The number of rotatable bonds is 10. The number of halogens is 1. The first-order valence-corrected chi connectivity index (χ1v) is 14.4. The molecule has 3 aromatic rings. The number of methoxy groups -OCH3 is 1. The molecule has 0 saturated carbocycles. The van der Waals surface area contributed by atoms with Gasteiger partial charge in [-0.05, 0) is 61.6 Å². The Bertz CT molecular complexity index is 1540. The molecule has 2 N–H and O–H groups in total. The predicted molar refractivity (Wildman–Crippen MR) is 143 cm³/mol. The molecule has 1 aromatic carbocycles. The van der Waals surface area contributed by atoms with E-state index in [0.29, 0.717) is 30.5 Å². The van der Waals surface area contributed by atoms with E-state index in [4.69, 9.17) is 9.15 Å². The van der Waals surface area contributed by atoms with Crippen molar-refractivity contribution in [3.05, 3.63) is 47.3 Å². The normalized spacial score (nSPS) is 15.4. The first-order chi connectivity index (χ1) is 19.1. The molecular weight excluding hydrogens is 543 g/mol. The van der Waals surface area contributed by atoms with E-state index < -0.39 is 33.8 Å². The number of nitrogens with one attached hydrogen (secondary N) is 2. The number of nitrogens with zero attached hydrogens (tertiary/aromatic N) is 2. The number of likely N-dealkylation sites (tertiary alicyclic amines) is 1. The molecule has 3 heterocycles. The third kappa shape index (κ3) is 5.85. The molecule has 1 atom stereocenters. The molecule has 2 aromatic heterocycles. The van der Waals surface area contributed by atoms with Gasteiger partial charge in [0.2, 0.25) is 11.6 Å². The second-order valence-electron chi connectivity index (χ2n) is 9.32. The van der Waals surface area contributed by atoms with Gasteiger partial charge >= 0.3 is 5.97 Å². The average molecular weight is 575 g/mol. The number of hydrogen-bond acceptors (Lipinski definition) is 8. The zero-order chi connectivity index (χ0) is 29.0. The Morgan fingerprint density at radius 1 is 1.23 bits per heavy atom. The summed E-state index contributed by atoms with van der Waals surface area (Å²) in [6, 6.07) is 6.25. The number of aromatic nitrogens is 1. The first kappa shape index (κ1) is 29.2. The van der Waals surface area contributed by atoms with Gasteiger partial charge in [0.1, 0.15) is 17.6 Å². The quantitative estimate of drug-likeness (QED) is 0.351. The number of furan rings is 1. The zero-order valence-electron chi connectivity index (χ0n) is 22.5. The summed E-state index contributed by atoms with van der Waals surface area (Å²) < 4.78 is 52.8. The van der Waals surface area contributed by atoms with Crippen LogP contribution in [0.2, 0.25) is 0 Å². The van der Waals surface area contributed by atoms with E-state index >= 15 is 0 Å². The number of sulfonamides is 1. The summed E-state index contributed by atoms with van der Waals surface area (Å²) in [5, 5.41) is 2.56. The summed E-state index contributed by atoms with van der Waals surface area (Å²) in [5.41, 5.74) is 0.752. The summed E-state index contributed by atoms with van der Waals surface area (Å²) in [7, 11) is -1.32. The summed E-state index contributed by atoms with van der Waals surface area (Å²) >= 11 is 0. The molecule has 0 radical (unpaired) electrons. The van der Waals surface area contributed by atoms with Gasteiger partial charge in [0.25, 0.3) is 15.9 Å². The van der Waals surface area contributed by atoms with E-state index in [-0.39, 0.29) is 59.2 Å². The number of carbonyl (C=O) groups excluding carboxylic acids is 3. The molecule has 0 spiro atoms. The van der Waals surface area contributed by atoms with Gasteiger partial charge in [-0.3, -0.25) is 9.59 Å². The van der Waals surface area contributed by atoms with E-state index in [1.807, 2.05) is 0 Å². The van der Waals surface area contributed by atoms with Crippen molar-refractivity contribution in [2.45, 2.75) is 50.1 Å². The molecule has 214 valence electrons. The molecule has 0 aliphatic carbocycles. The smallest absolute Gasteiger partial charge is 0.328 e. The van der Waals surface area contributed by atoms with Gasteiger partial charge in [-0.15, -0.1) is 0 Å². The van der Waals surface area contributed by atoms with Crippen LogP contribution in [0.3, 0.4) is 0 Å². The van der Waals surface area contributed by atoms with Gasteiger partial charge in [0.15, 0.2) is 5.03 Å². The number of benzene rings is 1. The SMILES string of the molecule is CCNS(=O)(=O)c1nc2oc(-c3ccc(F)cc3)c(C(=O)NC)c2cc1CCCC(=O)N1CCC[C@H]1C(=O)OC. The van der Waals surface area contributed by atoms with Crippen molar-refractivity contribution in [3.8, 4) is 11.3 Å². The number of carbonyl (C=O) groups is 3. The van der Waals surface area contributed by atoms with Crippen LogP contribution in [-0.4, -0.2) is 69.4 Å². The maximum Gasteiger partial charge on any atom is 0.328 e. The number of amides is 2. The van der Waals surface area contributed by atoms with Gasteiger partial charge in [-0.25, -0.2) is 22.3 Å². The molecule has 1 aliphatic heterocycles. The molecule has 4 rings (SSSR count). The van der Waals surface area contributed by atoms with Crippen LogP contribution in [0.5, 0.6) is 0 Å². The molecule has 0 unspecified atom stereocenters.